The second-order valence-corrected chi connectivity index (χ2v) is 8.88. The molecule has 3 amide bonds. The summed E-state index contributed by atoms with van der Waals surface area (Å²) in [5, 5.41) is 3.90. The van der Waals surface area contributed by atoms with Crippen molar-refractivity contribution < 1.29 is 19.1 Å². The van der Waals surface area contributed by atoms with Gasteiger partial charge in [-0.3, -0.25) is 14.4 Å². The summed E-state index contributed by atoms with van der Waals surface area (Å²) in [5.41, 5.74) is 10.8. The van der Waals surface area contributed by atoms with Crippen LogP contribution < -0.4 is 15.9 Å². The van der Waals surface area contributed by atoms with E-state index in [1.165, 1.54) is 6.21 Å². The molecule has 1 fully saturated rings. The highest BCUT2D eigenvalue weighted by atomic mass is 32.2. The van der Waals surface area contributed by atoms with Gasteiger partial charge in [-0.2, -0.15) is 5.10 Å². The van der Waals surface area contributed by atoms with E-state index in [1.807, 2.05) is 47.4 Å². The van der Waals surface area contributed by atoms with Gasteiger partial charge in [0.05, 0.1) is 12.0 Å². The van der Waals surface area contributed by atoms with Crippen LogP contribution in [0.2, 0.25) is 0 Å². The van der Waals surface area contributed by atoms with E-state index in [2.05, 4.69) is 10.5 Å². The molecule has 3 aromatic rings. The third kappa shape index (κ3) is 6.48. The minimum atomic E-state index is -0.550. The van der Waals surface area contributed by atoms with Gasteiger partial charge in [-0.1, -0.05) is 42.5 Å². The fraction of sp³-hybridized carbons (Fsp3) is 0.154. The quantitative estimate of drug-likeness (QED) is 0.355. The molecular formula is C26H24N4O4S. The van der Waals surface area contributed by atoms with Crippen LogP contribution in [-0.2, 0) is 16.1 Å². The van der Waals surface area contributed by atoms with Crippen molar-refractivity contribution in [3.63, 3.8) is 0 Å². The van der Waals surface area contributed by atoms with E-state index in [4.69, 9.17) is 10.5 Å². The Kier molecular flexibility index (Phi) is 7.79. The molecule has 1 atom stereocenters. The van der Waals surface area contributed by atoms with Crippen LogP contribution in [0.5, 0.6) is 5.75 Å². The molecule has 9 heteroatoms. The standard InChI is InChI=1S/C26H24N4O4S/c27-23(31)16-34-22-12-6-18(7-13-22)14-28-29-25(33)20-8-10-21(11-9-20)26-30(24(32)17-35-26)15-19-4-2-1-3-5-19/h1-14,26H,15-17H2,(H2,27,31)(H,29,33)/b28-14-/t26-/m1/s1. The Morgan fingerprint density at radius 3 is 2.46 bits per heavy atom. The molecule has 1 aliphatic heterocycles. The Labute approximate surface area is 207 Å². The molecule has 0 aromatic heterocycles. The number of ether oxygens (including phenoxy) is 1. The zero-order valence-electron chi connectivity index (χ0n) is 18.8. The number of nitrogens with one attached hydrogen (secondary N) is 1. The highest BCUT2D eigenvalue weighted by molar-refractivity contribution is 8.00. The first-order chi connectivity index (χ1) is 17.0. The van der Waals surface area contributed by atoms with Gasteiger partial charge in [0.15, 0.2) is 6.61 Å². The molecule has 8 nitrogen and oxygen atoms in total. The maximum Gasteiger partial charge on any atom is 0.271 e. The van der Waals surface area contributed by atoms with Crippen LogP contribution in [0.1, 0.15) is 32.4 Å². The van der Waals surface area contributed by atoms with E-state index in [9.17, 15) is 14.4 Å². The molecule has 4 rings (SSSR count). The largest absolute Gasteiger partial charge is 0.484 e. The smallest absolute Gasteiger partial charge is 0.271 e. The molecule has 3 aromatic carbocycles. The molecule has 1 heterocycles. The van der Waals surface area contributed by atoms with Crippen molar-refractivity contribution in [1.82, 2.24) is 10.3 Å². The number of amides is 3. The normalized spacial score (nSPS) is 15.4. The van der Waals surface area contributed by atoms with Gasteiger partial charge in [-0.05, 0) is 53.1 Å². The van der Waals surface area contributed by atoms with E-state index in [-0.39, 0.29) is 23.8 Å². The molecule has 0 spiro atoms. The van der Waals surface area contributed by atoms with Crippen molar-refractivity contribution in [2.24, 2.45) is 10.8 Å². The summed E-state index contributed by atoms with van der Waals surface area (Å²) in [5.74, 6) is 0.158. The maximum atomic E-state index is 12.5. The number of nitrogens with zero attached hydrogens (tertiary/aromatic N) is 2. The molecule has 35 heavy (non-hydrogen) atoms. The third-order valence-corrected chi connectivity index (χ3v) is 6.52. The fourth-order valence-corrected chi connectivity index (χ4v) is 4.70. The van der Waals surface area contributed by atoms with Crippen LogP contribution in [0.3, 0.4) is 0 Å². The lowest BCUT2D eigenvalue weighted by Crippen LogP contribution is -2.27. The van der Waals surface area contributed by atoms with Crippen LogP contribution in [0.4, 0.5) is 0 Å². The van der Waals surface area contributed by atoms with Gasteiger partial charge in [0.1, 0.15) is 11.1 Å². The molecular weight excluding hydrogens is 464 g/mol. The SMILES string of the molecule is NC(=O)COc1ccc(/C=N\NC(=O)c2ccc([C@H]3SCC(=O)N3Cc3ccccc3)cc2)cc1. The van der Waals surface area contributed by atoms with Crippen molar-refractivity contribution in [3.05, 3.63) is 101 Å². The molecule has 178 valence electrons. The molecule has 0 aliphatic carbocycles. The lowest BCUT2D eigenvalue weighted by molar-refractivity contribution is -0.128. The number of hydrazone groups is 1. The first-order valence-electron chi connectivity index (χ1n) is 10.9. The van der Waals surface area contributed by atoms with E-state index in [0.29, 0.717) is 23.6 Å². The molecule has 3 N–H and O–H groups in total. The number of carbonyl (C=O) groups is 3. The van der Waals surface area contributed by atoms with Gasteiger partial charge in [-0.15, -0.1) is 11.8 Å². The Hall–Kier alpha value is -4.11. The second kappa shape index (κ2) is 11.3. The summed E-state index contributed by atoms with van der Waals surface area (Å²) in [7, 11) is 0. The zero-order valence-corrected chi connectivity index (χ0v) is 19.6. The number of carbonyl (C=O) groups excluding carboxylic acids is 3. The van der Waals surface area contributed by atoms with Crippen LogP contribution in [-0.4, -0.2) is 41.2 Å². The zero-order chi connectivity index (χ0) is 24.6. The van der Waals surface area contributed by atoms with E-state index in [0.717, 1.165) is 16.7 Å². The number of benzene rings is 3. The Balaban J connectivity index is 1.33. The molecule has 0 radical (unpaired) electrons. The number of hydrogen-bond donors (Lipinski definition) is 2. The number of hydrogen-bond acceptors (Lipinski definition) is 6. The van der Waals surface area contributed by atoms with Crippen molar-refractivity contribution in [1.29, 1.82) is 0 Å². The van der Waals surface area contributed by atoms with Crippen LogP contribution in [0.25, 0.3) is 0 Å². The van der Waals surface area contributed by atoms with Gasteiger partial charge in [0, 0.05) is 12.1 Å². The lowest BCUT2D eigenvalue weighted by atomic mass is 10.1. The van der Waals surface area contributed by atoms with Gasteiger partial charge in [0.25, 0.3) is 11.8 Å². The second-order valence-electron chi connectivity index (χ2n) is 7.82. The van der Waals surface area contributed by atoms with Crippen molar-refractivity contribution in [3.8, 4) is 5.75 Å². The van der Waals surface area contributed by atoms with Gasteiger partial charge >= 0.3 is 0 Å². The Bertz CT molecular complexity index is 1210. The molecule has 1 aliphatic rings. The first kappa shape index (κ1) is 24.0. The first-order valence-corrected chi connectivity index (χ1v) is 11.9. The van der Waals surface area contributed by atoms with Crippen LogP contribution in [0.15, 0.2) is 84.0 Å². The van der Waals surface area contributed by atoms with Crippen molar-refractivity contribution in [2.45, 2.75) is 11.9 Å². The topological polar surface area (TPSA) is 114 Å². The summed E-state index contributed by atoms with van der Waals surface area (Å²) in [6.45, 7) is 0.357. The minimum Gasteiger partial charge on any atom is -0.484 e. The molecule has 0 saturated carbocycles. The highest BCUT2D eigenvalue weighted by Gasteiger charge is 2.32. The average Bonchev–Trinajstić information content (AvgIpc) is 3.24. The van der Waals surface area contributed by atoms with Gasteiger partial charge in [0.2, 0.25) is 5.91 Å². The van der Waals surface area contributed by atoms with Crippen molar-refractivity contribution in [2.75, 3.05) is 12.4 Å². The van der Waals surface area contributed by atoms with E-state index < -0.39 is 5.91 Å². The van der Waals surface area contributed by atoms with Crippen LogP contribution in [0, 0.1) is 0 Å². The molecule has 0 unspecified atom stereocenters. The predicted octanol–water partition coefficient (Wildman–Crippen LogP) is 3.09. The Morgan fingerprint density at radius 2 is 1.77 bits per heavy atom. The number of thioether (sulfide) groups is 1. The number of rotatable bonds is 9. The predicted molar refractivity (Wildman–Crippen MR) is 135 cm³/mol. The van der Waals surface area contributed by atoms with Gasteiger partial charge in [-0.25, -0.2) is 5.43 Å². The Morgan fingerprint density at radius 1 is 1.06 bits per heavy atom. The van der Waals surface area contributed by atoms with Crippen molar-refractivity contribution >= 4 is 35.7 Å². The summed E-state index contributed by atoms with van der Waals surface area (Å²) in [6.07, 6.45) is 1.51. The van der Waals surface area contributed by atoms with E-state index >= 15 is 0 Å². The maximum absolute atomic E-state index is 12.5. The van der Waals surface area contributed by atoms with Crippen LogP contribution >= 0.6 is 11.8 Å². The third-order valence-electron chi connectivity index (χ3n) is 5.26. The molecule has 0 bridgehead atoms. The highest BCUT2D eigenvalue weighted by Crippen LogP contribution is 2.39. The summed E-state index contributed by atoms with van der Waals surface area (Å²) < 4.78 is 5.20. The van der Waals surface area contributed by atoms with Gasteiger partial charge < -0.3 is 15.4 Å². The summed E-state index contributed by atoms with van der Waals surface area (Å²) in [4.78, 5) is 37.5. The number of nitrogens with two attached hydrogens (primary N) is 1. The number of primary amides is 1. The summed E-state index contributed by atoms with van der Waals surface area (Å²) >= 11 is 1.58. The summed E-state index contributed by atoms with van der Waals surface area (Å²) in [6, 6.07) is 23.9. The molecule has 1 saturated heterocycles. The fourth-order valence-electron chi connectivity index (χ4n) is 3.51. The monoisotopic (exact) mass is 488 g/mol. The van der Waals surface area contributed by atoms with E-state index in [1.54, 1.807) is 48.2 Å². The lowest BCUT2D eigenvalue weighted by Gasteiger charge is -2.24. The minimum absolute atomic E-state index is 0.0900. The average molecular weight is 489 g/mol.